The fourth-order valence-corrected chi connectivity index (χ4v) is 1.69. The van der Waals surface area contributed by atoms with Gasteiger partial charge in [0.05, 0.1) is 24.3 Å². The zero-order chi connectivity index (χ0) is 11.8. The van der Waals surface area contributed by atoms with Crippen molar-refractivity contribution < 1.29 is 14.3 Å². The predicted octanol–water partition coefficient (Wildman–Crippen LogP) is 0.237. The predicted molar refractivity (Wildman–Crippen MR) is 56.1 cm³/mol. The Balaban J connectivity index is 2.05. The summed E-state index contributed by atoms with van der Waals surface area (Å²) in [5.41, 5.74) is -0.895. The summed E-state index contributed by atoms with van der Waals surface area (Å²) >= 11 is 0. The molecule has 1 fully saturated rings. The molecule has 0 atom stereocenters. The van der Waals surface area contributed by atoms with Gasteiger partial charge < -0.3 is 14.4 Å². The Morgan fingerprint density at radius 1 is 1.56 bits per heavy atom. The fourth-order valence-electron chi connectivity index (χ4n) is 1.69. The molecular formula is C11H13NO4. The van der Waals surface area contributed by atoms with E-state index in [2.05, 4.69) is 4.42 Å². The highest BCUT2D eigenvalue weighted by Gasteiger charge is 2.42. The van der Waals surface area contributed by atoms with E-state index in [9.17, 15) is 14.7 Å². The molecule has 0 aliphatic carbocycles. The molecular weight excluding hydrogens is 210 g/mol. The summed E-state index contributed by atoms with van der Waals surface area (Å²) in [5.74, 6) is -0.220. The largest absolute Gasteiger partial charge is 0.430 e. The van der Waals surface area contributed by atoms with Gasteiger partial charge in [0.1, 0.15) is 6.26 Å². The number of rotatable bonds is 2. The summed E-state index contributed by atoms with van der Waals surface area (Å²) in [6.45, 7) is 2.55. The summed E-state index contributed by atoms with van der Waals surface area (Å²) < 4.78 is 4.61. The van der Waals surface area contributed by atoms with E-state index in [0.717, 1.165) is 6.26 Å². The van der Waals surface area contributed by atoms with Crippen LogP contribution < -0.4 is 5.63 Å². The number of aliphatic hydroxyl groups is 1. The lowest BCUT2D eigenvalue weighted by molar-refractivity contribution is -0.0827. The van der Waals surface area contributed by atoms with Crippen molar-refractivity contribution in [3.63, 3.8) is 0 Å². The number of likely N-dealkylation sites (tertiary alicyclic amines) is 1. The van der Waals surface area contributed by atoms with Crippen molar-refractivity contribution in [1.82, 2.24) is 4.90 Å². The molecule has 1 saturated heterocycles. The first-order chi connectivity index (χ1) is 7.54. The molecule has 5 heteroatoms. The normalized spacial score (nSPS) is 18.0. The van der Waals surface area contributed by atoms with Crippen molar-refractivity contribution >= 4 is 5.91 Å². The Morgan fingerprint density at radius 2 is 2.25 bits per heavy atom. The Kier molecular flexibility index (Phi) is 2.55. The maximum Gasteiger partial charge on any atom is 0.335 e. The third-order valence-electron chi connectivity index (χ3n) is 2.86. The third kappa shape index (κ3) is 1.86. The number of amides is 1. The Hall–Kier alpha value is -1.62. The van der Waals surface area contributed by atoms with Gasteiger partial charge in [0.25, 0.3) is 5.91 Å². The highest BCUT2D eigenvalue weighted by Crippen LogP contribution is 2.25. The van der Waals surface area contributed by atoms with Gasteiger partial charge in [0.2, 0.25) is 0 Å². The molecule has 2 heterocycles. The molecule has 0 aromatic carbocycles. The van der Waals surface area contributed by atoms with Crippen molar-refractivity contribution in [3.8, 4) is 0 Å². The zero-order valence-electron chi connectivity index (χ0n) is 8.97. The van der Waals surface area contributed by atoms with Gasteiger partial charge in [-0.3, -0.25) is 4.79 Å². The van der Waals surface area contributed by atoms with Crippen LogP contribution in [0.25, 0.3) is 0 Å². The molecule has 2 rings (SSSR count). The molecule has 1 aromatic heterocycles. The summed E-state index contributed by atoms with van der Waals surface area (Å²) in [5, 5.41) is 9.76. The molecule has 1 amide bonds. The molecule has 1 N–H and O–H groups in total. The summed E-state index contributed by atoms with van der Waals surface area (Å²) in [4.78, 5) is 24.0. The minimum atomic E-state index is -0.745. The maximum atomic E-state index is 11.8. The van der Waals surface area contributed by atoms with Gasteiger partial charge in [-0.2, -0.15) is 0 Å². The Labute approximate surface area is 92.3 Å². The standard InChI is InChI=1S/C11H13NO4/c1-2-11(15)6-12(7-11)10(14)8-3-4-9(13)16-5-8/h3-5,15H,2,6-7H2,1H3. The van der Waals surface area contributed by atoms with Crippen LogP contribution in [0.2, 0.25) is 0 Å². The quantitative estimate of drug-likeness (QED) is 0.779. The van der Waals surface area contributed by atoms with Crippen molar-refractivity contribution in [3.05, 3.63) is 34.4 Å². The van der Waals surface area contributed by atoms with E-state index in [4.69, 9.17) is 0 Å². The van der Waals surface area contributed by atoms with Gasteiger partial charge in [-0.25, -0.2) is 4.79 Å². The molecule has 16 heavy (non-hydrogen) atoms. The highest BCUT2D eigenvalue weighted by molar-refractivity contribution is 5.94. The second kappa shape index (κ2) is 3.75. The minimum absolute atomic E-state index is 0.220. The minimum Gasteiger partial charge on any atom is -0.430 e. The van der Waals surface area contributed by atoms with E-state index in [1.54, 1.807) is 0 Å². The monoisotopic (exact) mass is 223 g/mol. The molecule has 0 bridgehead atoms. The Morgan fingerprint density at radius 3 is 2.75 bits per heavy atom. The van der Waals surface area contributed by atoms with E-state index >= 15 is 0 Å². The second-order valence-electron chi connectivity index (χ2n) is 4.08. The Bertz CT molecular complexity index is 439. The van der Waals surface area contributed by atoms with E-state index in [-0.39, 0.29) is 5.91 Å². The summed E-state index contributed by atoms with van der Waals surface area (Å²) in [6.07, 6.45) is 1.77. The van der Waals surface area contributed by atoms with E-state index in [1.807, 2.05) is 6.92 Å². The first-order valence-corrected chi connectivity index (χ1v) is 5.14. The molecule has 0 saturated carbocycles. The highest BCUT2D eigenvalue weighted by atomic mass is 16.4. The SMILES string of the molecule is CCC1(O)CN(C(=O)c2ccc(=O)oc2)C1. The average molecular weight is 223 g/mol. The van der Waals surface area contributed by atoms with Crippen LogP contribution in [0.5, 0.6) is 0 Å². The number of carbonyl (C=O) groups is 1. The van der Waals surface area contributed by atoms with Gasteiger partial charge in [-0.1, -0.05) is 6.92 Å². The number of β-amino-alcohol motifs (C(OH)–C–C–N with tert-alkyl or cyclic N) is 1. The van der Waals surface area contributed by atoms with Crippen molar-refractivity contribution in [2.24, 2.45) is 0 Å². The van der Waals surface area contributed by atoms with Gasteiger partial charge >= 0.3 is 5.63 Å². The van der Waals surface area contributed by atoms with Crippen LogP contribution >= 0.6 is 0 Å². The van der Waals surface area contributed by atoms with Gasteiger partial charge in [-0.15, -0.1) is 0 Å². The molecule has 1 aliphatic rings. The topological polar surface area (TPSA) is 70.8 Å². The lowest BCUT2D eigenvalue weighted by Gasteiger charge is -2.46. The molecule has 5 nitrogen and oxygen atoms in total. The molecule has 0 spiro atoms. The van der Waals surface area contributed by atoms with Crippen molar-refractivity contribution in [1.29, 1.82) is 0 Å². The second-order valence-corrected chi connectivity index (χ2v) is 4.08. The van der Waals surface area contributed by atoms with Crippen LogP contribution in [0.15, 0.2) is 27.6 Å². The summed E-state index contributed by atoms with van der Waals surface area (Å²) in [7, 11) is 0. The molecule has 86 valence electrons. The number of carbonyl (C=O) groups excluding carboxylic acids is 1. The van der Waals surface area contributed by atoms with Crippen LogP contribution in [-0.2, 0) is 0 Å². The van der Waals surface area contributed by atoms with Gasteiger partial charge in [-0.05, 0) is 12.5 Å². The summed E-state index contributed by atoms with van der Waals surface area (Å²) in [6, 6.07) is 2.64. The van der Waals surface area contributed by atoms with Crippen LogP contribution in [0.4, 0.5) is 0 Å². The number of nitrogens with zero attached hydrogens (tertiary/aromatic N) is 1. The maximum absolute atomic E-state index is 11.8. The van der Waals surface area contributed by atoms with Gasteiger partial charge in [0.15, 0.2) is 0 Å². The lowest BCUT2D eigenvalue weighted by Crippen LogP contribution is -2.63. The smallest absolute Gasteiger partial charge is 0.335 e. The number of hydrogen-bond donors (Lipinski definition) is 1. The first kappa shape index (κ1) is 10.9. The van der Waals surface area contributed by atoms with E-state index in [1.165, 1.54) is 17.0 Å². The van der Waals surface area contributed by atoms with Crippen LogP contribution in [-0.4, -0.2) is 34.6 Å². The molecule has 0 unspecified atom stereocenters. The third-order valence-corrected chi connectivity index (χ3v) is 2.86. The fraction of sp³-hybridized carbons (Fsp3) is 0.455. The van der Waals surface area contributed by atoms with Gasteiger partial charge in [0, 0.05) is 6.07 Å². The molecule has 0 radical (unpaired) electrons. The first-order valence-electron chi connectivity index (χ1n) is 5.14. The van der Waals surface area contributed by atoms with Crippen molar-refractivity contribution in [2.45, 2.75) is 18.9 Å². The van der Waals surface area contributed by atoms with Crippen LogP contribution in [0.3, 0.4) is 0 Å². The van der Waals surface area contributed by atoms with E-state index < -0.39 is 11.2 Å². The van der Waals surface area contributed by atoms with Crippen LogP contribution in [0.1, 0.15) is 23.7 Å². The number of hydrogen-bond acceptors (Lipinski definition) is 4. The van der Waals surface area contributed by atoms with Crippen molar-refractivity contribution in [2.75, 3.05) is 13.1 Å². The zero-order valence-corrected chi connectivity index (χ0v) is 8.97. The molecule has 1 aliphatic heterocycles. The van der Waals surface area contributed by atoms with E-state index in [0.29, 0.717) is 25.1 Å². The average Bonchev–Trinajstić information content (AvgIpc) is 2.25. The lowest BCUT2D eigenvalue weighted by atomic mass is 9.91. The molecule has 1 aromatic rings. The van der Waals surface area contributed by atoms with Crippen LogP contribution in [0, 0.1) is 0 Å².